The average molecular weight is 411 g/mol. The standard InChI is InChI=1S/C23H22FNO5/c1-29-21-11-17(23(27)28)19(24)10-18(21)20-12-30-22(25-20)15-4-2-13(3-5-15)14-6-8-16(26)9-7-14/h2-5,10-12,14,16,26H,6-9H2,1H3,(H,27,28). The number of hydrogen-bond donors (Lipinski definition) is 2. The first-order valence-corrected chi connectivity index (χ1v) is 9.81. The Balaban J connectivity index is 1.59. The molecule has 1 heterocycles. The Morgan fingerprint density at radius 1 is 1.17 bits per heavy atom. The Morgan fingerprint density at radius 2 is 1.87 bits per heavy atom. The van der Waals surface area contributed by atoms with E-state index < -0.39 is 17.3 Å². The molecule has 1 aromatic heterocycles. The van der Waals surface area contributed by atoms with E-state index >= 15 is 0 Å². The zero-order chi connectivity index (χ0) is 21.3. The highest BCUT2D eigenvalue weighted by molar-refractivity contribution is 5.90. The van der Waals surface area contributed by atoms with E-state index in [4.69, 9.17) is 14.3 Å². The maximum atomic E-state index is 14.2. The molecule has 0 unspecified atom stereocenters. The molecule has 156 valence electrons. The van der Waals surface area contributed by atoms with E-state index in [1.165, 1.54) is 18.9 Å². The molecule has 0 atom stereocenters. The van der Waals surface area contributed by atoms with E-state index in [9.17, 15) is 14.3 Å². The van der Waals surface area contributed by atoms with E-state index in [1.54, 1.807) is 0 Å². The van der Waals surface area contributed by atoms with Crippen LogP contribution in [0.4, 0.5) is 4.39 Å². The number of methoxy groups -OCH3 is 1. The van der Waals surface area contributed by atoms with Crippen molar-refractivity contribution in [1.82, 2.24) is 4.98 Å². The maximum absolute atomic E-state index is 14.2. The van der Waals surface area contributed by atoms with Crippen LogP contribution in [-0.2, 0) is 0 Å². The SMILES string of the molecule is COc1cc(C(=O)O)c(F)cc1-c1coc(-c2ccc(C3CCC(O)CC3)cc2)n1. The second-order valence-corrected chi connectivity index (χ2v) is 7.50. The van der Waals surface area contributed by atoms with Gasteiger partial charge in [-0.3, -0.25) is 0 Å². The van der Waals surface area contributed by atoms with Crippen molar-refractivity contribution < 1.29 is 28.6 Å². The average Bonchev–Trinajstić information content (AvgIpc) is 3.24. The van der Waals surface area contributed by atoms with Crippen molar-refractivity contribution in [3.8, 4) is 28.5 Å². The van der Waals surface area contributed by atoms with Gasteiger partial charge in [-0.05, 0) is 61.4 Å². The zero-order valence-electron chi connectivity index (χ0n) is 16.5. The molecule has 2 aromatic carbocycles. The third-order valence-corrected chi connectivity index (χ3v) is 5.63. The Bertz CT molecular complexity index is 1050. The predicted octanol–water partition coefficient (Wildman–Crippen LogP) is 4.87. The van der Waals surface area contributed by atoms with Crippen LogP contribution in [0.5, 0.6) is 5.75 Å². The number of aromatic carboxylic acids is 1. The van der Waals surface area contributed by atoms with E-state index in [2.05, 4.69) is 4.98 Å². The van der Waals surface area contributed by atoms with Gasteiger partial charge < -0.3 is 19.4 Å². The second-order valence-electron chi connectivity index (χ2n) is 7.50. The molecule has 1 aliphatic carbocycles. The van der Waals surface area contributed by atoms with Gasteiger partial charge in [-0.1, -0.05) is 12.1 Å². The molecule has 0 spiro atoms. The first-order chi connectivity index (χ1) is 14.5. The third kappa shape index (κ3) is 3.93. The van der Waals surface area contributed by atoms with Gasteiger partial charge >= 0.3 is 5.97 Å². The topological polar surface area (TPSA) is 92.8 Å². The summed E-state index contributed by atoms with van der Waals surface area (Å²) in [5.41, 5.74) is 2.20. The first kappa shape index (κ1) is 20.1. The van der Waals surface area contributed by atoms with Crippen molar-refractivity contribution in [3.05, 3.63) is 59.6 Å². The molecule has 0 saturated heterocycles. The molecular formula is C23H22FNO5. The number of carboxylic acid groups (broad SMARTS) is 1. The van der Waals surface area contributed by atoms with Gasteiger partial charge in [-0.25, -0.2) is 14.2 Å². The number of aliphatic hydroxyl groups is 1. The van der Waals surface area contributed by atoms with Crippen LogP contribution in [0.2, 0.25) is 0 Å². The van der Waals surface area contributed by atoms with Crippen LogP contribution >= 0.6 is 0 Å². The summed E-state index contributed by atoms with van der Waals surface area (Å²) in [6, 6.07) is 10.2. The Kier molecular flexibility index (Phi) is 5.55. The fourth-order valence-corrected chi connectivity index (χ4v) is 3.92. The molecule has 2 N–H and O–H groups in total. The zero-order valence-corrected chi connectivity index (χ0v) is 16.5. The van der Waals surface area contributed by atoms with Crippen LogP contribution in [0.3, 0.4) is 0 Å². The second kappa shape index (κ2) is 8.28. The lowest BCUT2D eigenvalue weighted by molar-refractivity contribution is 0.0691. The molecule has 1 fully saturated rings. The molecule has 0 radical (unpaired) electrons. The summed E-state index contributed by atoms with van der Waals surface area (Å²) in [7, 11) is 1.38. The van der Waals surface area contributed by atoms with Gasteiger partial charge in [0.1, 0.15) is 23.5 Å². The lowest BCUT2D eigenvalue weighted by Gasteiger charge is -2.25. The summed E-state index contributed by atoms with van der Waals surface area (Å²) in [6.07, 6.45) is 4.81. The van der Waals surface area contributed by atoms with Crippen LogP contribution < -0.4 is 4.74 Å². The lowest BCUT2D eigenvalue weighted by atomic mass is 9.82. The molecular weight excluding hydrogens is 389 g/mol. The van der Waals surface area contributed by atoms with E-state index in [-0.39, 0.29) is 11.9 Å². The summed E-state index contributed by atoms with van der Waals surface area (Å²) in [6.45, 7) is 0. The summed E-state index contributed by atoms with van der Waals surface area (Å²) in [5, 5.41) is 18.8. The van der Waals surface area contributed by atoms with E-state index in [0.717, 1.165) is 43.4 Å². The van der Waals surface area contributed by atoms with Crippen LogP contribution in [-0.4, -0.2) is 34.4 Å². The minimum atomic E-state index is -1.37. The van der Waals surface area contributed by atoms with Gasteiger partial charge in [-0.2, -0.15) is 0 Å². The molecule has 3 aromatic rings. The van der Waals surface area contributed by atoms with Crippen molar-refractivity contribution in [2.45, 2.75) is 37.7 Å². The fraction of sp³-hybridized carbons (Fsp3) is 0.304. The Labute approximate surface area is 173 Å². The summed E-state index contributed by atoms with van der Waals surface area (Å²) < 4.78 is 25.0. The van der Waals surface area contributed by atoms with Crippen molar-refractivity contribution in [2.24, 2.45) is 0 Å². The fourth-order valence-electron chi connectivity index (χ4n) is 3.92. The third-order valence-electron chi connectivity index (χ3n) is 5.63. The van der Waals surface area contributed by atoms with Crippen molar-refractivity contribution in [3.63, 3.8) is 0 Å². The van der Waals surface area contributed by atoms with Gasteiger partial charge in [-0.15, -0.1) is 0 Å². The molecule has 30 heavy (non-hydrogen) atoms. The van der Waals surface area contributed by atoms with Crippen LogP contribution in [0.1, 0.15) is 47.5 Å². The van der Waals surface area contributed by atoms with Crippen molar-refractivity contribution >= 4 is 5.97 Å². The smallest absolute Gasteiger partial charge is 0.338 e. The van der Waals surface area contributed by atoms with E-state index in [1.807, 2.05) is 24.3 Å². The van der Waals surface area contributed by atoms with Crippen LogP contribution in [0.25, 0.3) is 22.7 Å². The number of hydrogen-bond acceptors (Lipinski definition) is 5. The van der Waals surface area contributed by atoms with Crippen LogP contribution in [0, 0.1) is 5.82 Å². The first-order valence-electron chi connectivity index (χ1n) is 9.81. The predicted molar refractivity (Wildman–Crippen MR) is 108 cm³/mol. The highest BCUT2D eigenvalue weighted by Gasteiger charge is 2.22. The number of rotatable bonds is 5. The van der Waals surface area contributed by atoms with Gasteiger partial charge in [0, 0.05) is 11.1 Å². The number of nitrogens with zero attached hydrogens (tertiary/aromatic N) is 1. The van der Waals surface area contributed by atoms with E-state index in [0.29, 0.717) is 23.1 Å². The minimum absolute atomic E-state index is 0.183. The summed E-state index contributed by atoms with van der Waals surface area (Å²) >= 11 is 0. The van der Waals surface area contributed by atoms with Gasteiger partial charge in [0.25, 0.3) is 0 Å². The molecule has 1 saturated carbocycles. The Morgan fingerprint density at radius 3 is 2.50 bits per heavy atom. The normalized spacial score (nSPS) is 18.9. The maximum Gasteiger partial charge on any atom is 0.338 e. The molecule has 0 bridgehead atoms. The number of aliphatic hydroxyl groups excluding tert-OH is 1. The molecule has 7 heteroatoms. The molecule has 6 nitrogen and oxygen atoms in total. The highest BCUT2D eigenvalue weighted by Crippen LogP contribution is 2.36. The highest BCUT2D eigenvalue weighted by atomic mass is 19.1. The number of benzene rings is 2. The minimum Gasteiger partial charge on any atom is -0.496 e. The molecule has 4 rings (SSSR count). The number of carbonyl (C=O) groups is 1. The van der Waals surface area contributed by atoms with Gasteiger partial charge in [0.2, 0.25) is 5.89 Å². The molecule has 0 aliphatic heterocycles. The monoisotopic (exact) mass is 411 g/mol. The quantitative estimate of drug-likeness (QED) is 0.622. The molecule has 0 amide bonds. The largest absolute Gasteiger partial charge is 0.496 e. The number of oxazole rings is 1. The summed E-state index contributed by atoms with van der Waals surface area (Å²) in [4.78, 5) is 15.6. The number of aromatic nitrogens is 1. The van der Waals surface area contributed by atoms with Crippen LogP contribution in [0.15, 0.2) is 47.1 Å². The number of ether oxygens (including phenoxy) is 1. The molecule has 1 aliphatic rings. The van der Waals surface area contributed by atoms with Crippen molar-refractivity contribution in [2.75, 3.05) is 7.11 Å². The summed E-state index contributed by atoms with van der Waals surface area (Å²) in [5.74, 6) is -1.22. The number of carboxylic acids is 1. The van der Waals surface area contributed by atoms with Crippen molar-refractivity contribution in [1.29, 1.82) is 0 Å². The van der Waals surface area contributed by atoms with Gasteiger partial charge in [0.15, 0.2) is 0 Å². The Hall–Kier alpha value is -3.19. The van der Waals surface area contributed by atoms with Gasteiger partial charge in [0.05, 0.1) is 18.8 Å². The number of halogens is 1. The lowest BCUT2D eigenvalue weighted by Crippen LogP contribution is -2.16.